The average Bonchev–Trinajstić information content (AvgIpc) is 2.99. The van der Waals surface area contributed by atoms with E-state index >= 15 is 0 Å². The third-order valence-electron chi connectivity index (χ3n) is 6.31. The lowest BCUT2D eigenvalue weighted by Crippen LogP contribution is -2.31. The highest BCUT2D eigenvalue weighted by molar-refractivity contribution is 5.86. The highest BCUT2D eigenvalue weighted by atomic mass is 16.5. The molecule has 0 aromatic rings. The van der Waals surface area contributed by atoms with Gasteiger partial charge in [0.1, 0.15) is 0 Å². The van der Waals surface area contributed by atoms with E-state index in [9.17, 15) is 4.79 Å². The van der Waals surface area contributed by atoms with Crippen LogP contribution >= 0.6 is 0 Å². The summed E-state index contributed by atoms with van der Waals surface area (Å²) in [6.07, 6.45) is 4.11. The predicted octanol–water partition coefficient (Wildman–Crippen LogP) is 3.67. The smallest absolute Gasteiger partial charge is 0.333 e. The average molecular weight is 262 g/mol. The molecule has 0 spiro atoms. The molecule has 0 amide bonds. The van der Waals surface area contributed by atoms with Gasteiger partial charge in [-0.05, 0) is 67.6 Å². The first kappa shape index (κ1) is 13.2. The Morgan fingerprint density at radius 1 is 1.21 bits per heavy atom. The molecule has 0 aliphatic heterocycles. The van der Waals surface area contributed by atoms with Gasteiger partial charge in [0.05, 0.1) is 6.61 Å². The molecule has 7 atom stereocenters. The monoisotopic (exact) mass is 262 g/mol. The van der Waals surface area contributed by atoms with Crippen molar-refractivity contribution in [1.82, 2.24) is 0 Å². The number of hydrogen-bond donors (Lipinski definition) is 0. The largest absolute Gasteiger partial charge is 0.462 e. The number of fused-ring (bicyclic) bond motifs is 5. The van der Waals surface area contributed by atoms with Crippen molar-refractivity contribution in [3.05, 3.63) is 12.2 Å². The van der Waals surface area contributed by atoms with Gasteiger partial charge in [-0.3, -0.25) is 0 Å². The van der Waals surface area contributed by atoms with Crippen LogP contribution < -0.4 is 0 Å². The fourth-order valence-electron chi connectivity index (χ4n) is 5.30. The predicted molar refractivity (Wildman–Crippen MR) is 75.4 cm³/mol. The first-order chi connectivity index (χ1) is 8.99. The van der Waals surface area contributed by atoms with E-state index < -0.39 is 0 Å². The normalized spacial score (nSPS) is 47.2. The molecule has 2 bridgehead atoms. The van der Waals surface area contributed by atoms with E-state index in [0.717, 1.165) is 35.5 Å². The summed E-state index contributed by atoms with van der Waals surface area (Å²) < 4.78 is 5.41. The van der Waals surface area contributed by atoms with Crippen LogP contribution in [0.5, 0.6) is 0 Å². The Kier molecular flexibility index (Phi) is 3.23. The Bertz CT molecular complexity index is 400. The second-order valence-corrected chi connectivity index (χ2v) is 7.35. The van der Waals surface area contributed by atoms with Crippen LogP contribution in [0.25, 0.3) is 0 Å². The maximum atomic E-state index is 11.5. The molecule has 0 aromatic carbocycles. The van der Waals surface area contributed by atoms with E-state index in [-0.39, 0.29) is 5.97 Å². The van der Waals surface area contributed by atoms with E-state index in [1.807, 2.05) is 0 Å². The van der Waals surface area contributed by atoms with E-state index in [1.54, 1.807) is 6.92 Å². The van der Waals surface area contributed by atoms with Gasteiger partial charge in [0, 0.05) is 5.57 Å². The SMILES string of the molecule is C=C(C)C(=O)OCC1CC2CC1C1C(C)C(C)CC21. The Morgan fingerprint density at radius 2 is 1.95 bits per heavy atom. The third-order valence-corrected chi connectivity index (χ3v) is 6.31. The highest BCUT2D eigenvalue weighted by Gasteiger charge is 2.57. The second-order valence-electron chi connectivity index (χ2n) is 7.35. The molecule has 19 heavy (non-hydrogen) atoms. The minimum Gasteiger partial charge on any atom is -0.462 e. The summed E-state index contributed by atoms with van der Waals surface area (Å²) in [6, 6.07) is 0. The van der Waals surface area contributed by atoms with Gasteiger partial charge in [-0.15, -0.1) is 0 Å². The van der Waals surface area contributed by atoms with Crippen molar-refractivity contribution < 1.29 is 9.53 Å². The number of ether oxygens (including phenoxy) is 1. The highest BCUT2D eigenvalue weighted by Crippen LogP contribution is 2.63. The van der Waals surface area contributed by atoms with Crippen LogP contribution in [0.2, 0.25) is 0 Å². The van der Waals surface area contributed by atoms with Crippen LogP contribution in [-0.4, -0.2) is 12.6 Å². The summed E-state index contributed by atoms with van der Waals surface area (Å²) in [6.45, 7) is 10.8. The first-order valence-electron chi connectivity index (χ1n) is 7.81. The van der Waals surface area contributed by atoms with Gasteiger partial charge in [-0.1, -0.05) is 20.4 Å². The molecule has 0 heterocycles. The topological polar surface area (TPSA) is 26.3 Å². The van der Waals surface area contributed by atoms with Gasteiger partial charge < -0.3 is 4.74 Å². The zero-order valence-electron chi connectivity index (χ0n) is 12.4. The van der Waals surface area contributed by atoms with E-state index in [2.05, 4.69) is 20.4 Å². The first-order valence-corrected chi connectivity index (χ1v) is 7.81. The molecule has 3 fully saturated rings. The quantitative estimate of drug-likeness (QED) is 0.573. The lowest BCUT2D eigenvalue weighted by Gasteiger charge is -2.33. The van der Waals surface area contributed by atoms with Crippen molar-refractivity contribution in [2.24, 2.45) is 41.4 Å². The number of carbonyl (C=O) groups excluding carboxylic acids is 1. The molecule has 0 N–H and O–H groups in total. The fraction of sp³-hybridized carbons (Fsp3) is 0.824. The molecular weight excluding hydrogens is 236 g/mol. The Morgan fingerprint density at radius 3 is 2.63 bits per heavy atom. The van der Waals surface area contributed by atoms with Crippen molar-refractivity contribution in [3.8, 4) is 0 Å². The van der Waals surface area contributed by atoms with Crippen molar-refractivity contribution >= 4 is 5.97 Å². The lowest BCUT2D eigenvalue weighted by atomic mass is 9.73. The minimum absolute atomic E-state index is 0.216. The standard InChI is InChI=1S/C17H26O2/c1-9(2)17(18)19-8-13-6-12-7-15(13)16-11(4)10(3)5-14(12)16/h10-16H,1,5-8H2,2-4H3. The van der Waals surface area contributed by atoms with Gasteiger partial charge >= 0.3 is 5.97 Å². The number of rotatable bonds is 3. The van der Waals surface area contributed by atoms with Crippen LogP contribution in [0.15, 0.2) is 12.2 Å². The van der Waals surface area contributed by atoms with Gasteiger partial charge in [0.15, 0.2) is 0 Å². The van der Waals surface area contributed by atoms with Gasteiger partial charge in [0.25, 0.3) is 0 Å². The molecule has 2 nitrogen and oxygen atoms in total. The molecule has 0 aromatic heterocycles. The van der Waals surface area contributed by atoms with Gasteiger partial charge in [0.2, 0.25) is 0 Å². The molecule has 3 saturated carbocycles. The van der Waals surface area contributed by atoms with Crippen LogP contribution in [0, 0.1) is 41.4 Å². The van der Waals surface area contributed by atoms with Crippen molar-refractivity contribution in [3.63, 3.8) is 0 Å². The van der Waals surface area contributed by atoms with E-state index in [0.29, 0.717) is 18.1 Å². The van der Waals surface area contributed by atoms with Crippen LogP contribution in [0.3, 0.4) is 0 Å². The molecule has 3 aliphatic rings. The molecule has 7 unspecified atom stereocenters. The minimum atomic E-state index is -0.216. The summed E-state index contributed by atoms with van der Waals surface area (Å²) in [4.78, 5) is 11.5. The van der Waals surface area contributed by atoms with Crippen LogP contribution in [0.4, 0.5) is 0 Å². The molecule has 2 heteroatoms. The number of carbonyl (C=O) groups is 1. The third kappa shape index (κ3) is 2.04. The van der Waals surface area contributed by atoms with E-state index in [4.69, 9.17) is 4.74 Å². The van der Waals surface area contributed by atoms with Crippen molar-refractivity contribution in [1.29, 1.82) is 0 Å². The maximum Gasteiger partial charge on any atom is 0.333 e. The van der Waals surface area contributed by atoms with Crippen molar-refractivity contribution in [2.45, 2.75) is 40.0 Å². The molecule has 3 rings (SSSR count). The van der Waals surface area contributed by atoms with Crippen LogP contribution in [0.1, 0.15) is 40.0 Å². The fourth-order valence-corrected chi connectivity index (χ4v) is 5.30. The van der Waals surface area contributed by atoms with Gasteiger partial charge in [-0.2, -0.15) is 0 Å². The maximum absolute atomic E-state index is 11.5. The lowest BCUT2D eigenvalue weighted by molar-refractivity contribution is -0.141. The zero-order valence-corrected chi connectivity index (χ0v) is 12.4. The molecule has 0 saturated heterocycles. The van der Waals surface area contributed by atoms with Gasteiger partial charge in [-0.25, -0.2) is 4.79 Å². The Labute approximate surface area is 116 Å². The summed E-state index contributed by atoms with van der Waals surface area (Å²) in [5.41, 5.74) is 0.517. The van der Waals surface area contributed by atoms with Crippen LogP contribution in [-0.2, 0) is 9.53 Å². The molecule has 3 aliphatic carbocycles. The van der Waals surface area contributed by atoms with E-state index in [1.165, 1.54) is 19.3 Å². The number of esters is 1. The number of hydrogen-bond acceptors (Lipinski definition) is 2. The molecular formula is C17H26O2. The summed E-state index contributed by atoms with van der Waals surface area (Å²) in [5.74, 6) is 5.75. The Balaban J connectivity index is 1.62. The summed E-state index contributed by atoms with van der Waals surface area (Å²) >= 11 is 0. The second kappa shape index (κ2) is 4.64. The Hall–Kier alpha value is -0.790. The summed E-state index contributed by atoms with van der Waals surface area (Å²) in [7, 11) is 0. The zero-order chi connectivity index (χ0) is 13.7. The summed E-state index contributed by atoms with van der Waals surface area (Å²) in [5, 5.41) is 0. The molecule has 106 valence electrons. The van der Waals surface area contributed by atoms with Crippen molar-refractivity contribution in [2.75, 3.05) is 6.61 Å². The molecule has 0 radical (unpaired) electrons.